The molecular formula is C17H26FN3O3S. The number of sulfonamides is 1. The van der Waals surface area contributed by atoms with Gasteiger partial charge in [-0.05, 0) is 44.4 Å². The number of piperidine rings is 1. The Bertz CT molecular complexity index is 709. The fourth-order valence-electron chi connectivity index (χ4n) is 2.90. The monoisotopic (exact) mass is 371 g/mol. The smallest absolute Gasteiger partial charge is 0.244 e. The molecule has 3 unspecified atom stereocenters. The lowest BCUT2D eigenvalue weighted by atomic mass is 9.98. The van der Waals surface area contributed by atoms with Crippen LogP contribution in [0.15, 0.2) is 29.2 Å². The van der Waals surface area contributed by atoms with Crippen molar-refractivity contribution in [3.8, 4) is 0 Å². The first-order valence-electron chi connectivity index (χ1n) is 8.53. The average molecular weight is 371 g/mol. The molecule has 1 saturated heterocycles. The largest absolute Gasteiger partial charge is 0.350 e. The molecule has 3 atom stereocenters. The van der Waals surface area contributed by atoms with Crippen LogP contribution in [0.25, 0.3) is 0 Å². The third kappa shape index (κ3) is 4.99. The van der Waals surface area contributed by atoms with Crippen LogP contribution in [-0.4, -0.2) is 39.0 Å². The van der Waals surface area contributed by atoms with Crippen molar-refractivity contribution in [2.24, 2.45) is 5.92 Å². The standard InChI is InChI=1S/C17H26FN3O3S/c1-11(2)16(17(22)20-14-8-6-10-19-12(14)3)21-25(23,24)15-9-5-4-7-13(15)18/h4-5,7,9,11-12,14,16,19,21H,6,8,10H2,1-3H3,(H,20,22). The van der Waals surface area contributed by atoms with Crippen LogP contribution in [0.4, 0.5) is 4.39 Å². The fourth-order valence-corrected chi connectivity index (χ4v) is 4.32. The minimum absolute atomic E-state index is 0.0551. The fraction of sp³-hybridized carbons (Fsp3) is 0.588. The number of amides is 1. The zero-order chi connectivity index (χ0) is 18.6. The summed E-state index contributed by atoms with van der Waals surface area (Å²) in [6.07, 6.45) is 1.79. The SMILES string of the molecule is CC(C)C(NS(=O)(=O)c1ccccc1F)C(=O)NC1CCCNC1C. The van der Waals surface area contributed by atoms with Crippen LogP contribution in [0.5, 0.6) is 0 Å². The lowest BCUT2D eigenvalue weighted by Crippen LogP contribution is -2.57. The quantitative estimate of drug-likeness (QED) is 0.705. The molecule has 1 aromatic carbocycles. The maximum atomic E-state index is 13.8. The molecule has 1 heterocycles. The van der Waals surface area contributed by atoms with Crippen molar-refractivity contribution in [3.63, 3.8) is 0 Å². The van der Waals surface area contributed by atoms with Gasteiger partial charge in [-0.25, -0.2) is 12.8 Å². The Hall–Kier alpha value is -1.51. The van der Waals surface area contributed by atoms with Gasteiger partial charge in [0.2, 0.25) is 15.9 Å². The van der Waals surface area contributed by atoms with E-state index in [-0.39, 0.29) is 18.0 Å². The van der Waals surface area contributed by atoms with E-state index in [1.807, 2.05) is 6.92 Å². The molecule has 0 aliphatic carbocycles. The second-order valence-corrected chi connectivity index (χ2v) is 8.46. The zero-order valence-electron chi connectivity index (χ0n) is 14.8. The number of benzene rings is 1. The summed E-state index contributed by atoms with van der Waals surface area (Å²) in [5, 5.41) is 6.20. The van der Waals surface area contributed by atoms with Gasteiger partial charge in [-0.15, -0.1) is 0 Å². The summed E-state index contributed by atoms with van der Waals surface area (Å²) in [6, 6.07) is 4.21. The van der Waals surface area contributed by atoms with Crippen molar-refractivity contribution in [3.05, 3.63) is 30.1 Å². The molecule has 0 radical (unpaired) electrons. The number of carbonyl (C=O) groups excluding carboxylic acids is 1. The Balaban J connectivity index is 2.15. The number of hydrogen-bond donors (Lipinski definition) is 3. The molecule has 0 aromatic heterocycles. The Labute approximate surface area is 148 Å². The van der Waals surface area contributed by atoms with Crippen LogP contribution in [0.2, 0.25) is 0 Å². The van der Waals surface area contributed by atoms with Crippen molar-refractivity contribution in [1.29, 1.82) is 0 Å². The summed E-state index contributed by atoms with van der Waals surface area (Å²) < 4.78 is 41.2. The number of rotatable bonds is 6. The Morgan fingerprint density at radius 2 is 2.00 bits per heavy atom. The molecule has 0 spiro atoms. The summed E-state index contributed by atoms with van der Waals surface area (Å²) in [5.74, 6) is -1.52. The van der Waals surface area contributed by atoms with E-state index in [9.17, 15) is 17.6 Å². The number of carbonyl (C=O) groups is 1. The molecule has 0 bridgehead atoms. The molecule has 1 aromatic rings. The molecule has 1 fully saturated rings. The van der Waals surface area contributed by atoms with Crippen LogP contribution in [-0.2, 0) is 14.8 Å². The van der Waals surface area contributed by atoms with Crippen molar-refractivity contribution < 1.29 is 17.6 Å². The first-order chi connectivity index (χ1) is 11.7. The molecule has 1 aliphatic heterocycles. The lowest BCUT2D eigenvalue weighted by Gasteiger charge is -2.32. The average Bonchev–Trinajstić information content (AvgIpc) is 2.54. The van der Waals surface area contributed by atoms with Gasteiger partial charge in [-0.1, -0.05) is 26.0 Å². The van der Waals surface area contributed by atoms with Crippen molar-refractivity contribution in [2.75, 3.05) is 6.54 Å². The molecular weight excluding hydrogens is 345 g/mol. The van der Waals surface area contributed by atoms with Gasteiger partial charge in [0.25, 0.3) is 0 Å². The van der Waals surface area contributed by atoms with Gasteiger partial charge in [0.15, 0.2) is 0 Å². The highest BCUT2D eigenvalue weighted by atomic mass is 32.2. The van der Waals surface area contributed by atoms with Gasteiger partial charge >= 0.3 is 0 Å². The molecule has 1 amide bonds. The first kappa shape index (κ1) is 19.8. The summed E-state index contributed by atoms with van der Waals surface area (Å²) in [5.41, 5.74) is 0. The van der Waals surface area contributed by atoms with Gasteiger partial charge in [-0.2, -0.15) is 4.72 Å². The van der Waals surface area contributed by atoms with E-state index < -0.39 is 32.7 Å². The van der Waals surface area contributed by atoms with Crippen molar-refractivity contribution in [2.45, 2.75) is 56.6 Å². The molecule has 140 valence electrons. The van der Waals surface area contributed by atoms with E-state index in [0.717, 1.165) is 25.5 Å². The Kier molecular flexibility index (Phi) is 6.53. The van der Waals surface area contributed by atoms with E-state index in [1.54, 1.807) is 13.8 Å². The predicted octanol–water partition coefficient (Wildman–Crippen LogP) is 1.39. The molecule has 8 heteroatoms. The molecule has 2 rings (SSSR count). The summed E-state index contributed by atoms with van der Waals surface area (Å²) in [7, 11) is -4.14. The van der Waals surface area contributed by atoms with Gasteiger partial charge in [-0.3, -0.25) is 4.79 Å². The van der Waals surface area contributed by atoms with Crippen LogP contribution in [0.1, 0.15) is 33.6 Å². The number of nitrogens with one attached hydrogen (secondary N) is 3. The van der Waals surface area contributed by atoms with Crippen LogP contribution in [0, 0.1) is 11.7 Å². The van der Waals surface area contributed by atoms with Crippen LogP contribution in [0.3, 0.4) is 0 Å². The molecule has 3 N–H and O–H groups in total. The molecule has 6 nitrogen and oxygen atoms in total. The Morgan fingerprint density at radius 3 is 2.60 bits per heavy atom. The normalized spacial score (nSPS) is 22.6. The minimum Gasteiger partial charge on any atom is -0.350 e. The van der Waals surface area contributed by atoms with Gasteiger partial charge in [0.1, 0.15) is 16.8 Å². The summed E-state index contributed by atoms with van der Waals surface area (Å²) in [6.45, 7) is 6.38. The molecule has 25 heavy (non-hydrogen) atoms. The highest BCUT2D eigenvalue weighted by Gasteiger charge is 2.32. The second kappa shape index (κ2) is 8.25. The van der Waals surface area contributed by atoms with E-state index in [1.165, 1.54) is 18.2 Å². The Morgan fingerprint density at radius 1 is 1.32 bits per heavy atom. The highest BCUT2D eigenvalue weighted by Crippen LogP contribution is 2.16. The summed E-state index contributed by atoms with van der Waals surface area (Å²) in [4.78, 5) is 12.2. The van der Waals surface area contributed by atoms with Crippen LogP contribution >= 0.6 is 0 Å². The number of hydrogen-bond acceptors (Lipinski definition) is 4. The molecule has 0 saturated carbocycles. The first-order valence-corrected chi connectivity index (χ1v) is 10.0. The van der Waals surface area contributed by atoms with E-state index in [0.29, 0.717) is 0 Å². The van der Waals surface area contributed by atoms with E-state index in [4.69, 9.17) is 0 Å². The lowest BCUT2D eigenvalue weighted by molar-refractivity contribution is -0.124. The molecule has 1 aliphatic rings. The predicted molar refractivity (Wildman–Crippen MR) is 94.0 cm³/mol. The highest BCUT2D eigenvalue weighted by molar-refractivity contribution is 7.89. The van der Waals surface area contributed by atoms with Gasteiger partial charge in [0.05, 0.1) is 0 Å². The number of halogens is 1. The van der Waals surface area contributed by atoms with Gasteiger partial charge < -0.3 is 10.6 Å². The summed E-state index contributed by atoms with van der Waals surface area (Å²) >= 11 is 0. The minimum atomic E-state index is -4.14. The maximum absolute atomic E-state index is 13.8. The third-order valence-corrected chi connectivity index (χ3v) is 5.92. The van der Waals surface area contributed by atoms with E-state index in [2.05, 4.69) is 15.4 Å². The second-order valence-electron chi connectivity index (χ2n) is 6.77. The third-order valence-electron chi connectivity index (χ3n) is 4.45. The van der Waals surface area contributed by atoms with Crippen molar-refractivity contribution >= 4 is 15.9 Å². The van der Waals surface area contributed by atoms with E-state index >= 15 is 0 Å². The zero-order valence-corrected chi connectivity index (χ0v) is 15.6. The topological polar surface area (TPSA) is 87.3 Å². The van der Waals surface area contributed by atoms with Gasteiger partial charge in [0, 0.05) is 12.1 Å². The van der Waals surface area contributed by atoms with Crippen molar-refractivity contribution in [1.82, 2.24) is 15.4 Å². The maximum Gasteiger partial charge on any atom is 0.244 e. The van der Waals surface area contributed by atoms with Crippen LogP contribution < -0.4 is 15.4 Å².